The molecule has 0 unspecified atom stereocenters. The molecular weight excluding hydrogens is 204 g/mol. The quantitative estimate of drug-likeness (QED) is 0.825. The van der Waals surface area contributed by atoms with Crippen molar-refractivity contribution in [3.05, 3.63) is 46.4 Å². The maximum Gasteiger partial charge on any atom is 0.271 e. The van der Waals surface area contributed by atoms with Gasteiger partial charge >= 0.3 is 0 Å². The Bertz CT molecular complexity index is 523. The number of hydrogen-bond donors (Lipinski definition) is 2. The fraction of sp³-hybridized carbons (Fsp3) is 0.250. The molecule has 0 amide bonds. The Hall–Kier alpha value is -1.97. The van der Waals surface area contributed by atoms with Crippen LogP contribution < -0.4 is 5.56 Å². The molecule has 0 atom stereocenters. The lowest BCUT2D eigenvalue weighted by molar-refractivity contribution is 0.475. The van der Waals surface area contributed by atoms with Crippen molar-refractivity contribution in [2.45, 2.75) is 19.8 Å². The maximum atomic E-state index is 11.7. The summed E-state index contributed by atoms with van der Waals surface area (Å²) < 4.78 is 1.48. The van der Waals surface area contributed by atoms with Gasteiger partial charge in [0.1, 0.15) is 5.75 Å². The Kier molecular flexibility index (Phi) is 2.81. The highest BCUT2D eigenvalue weighted by Crippen LogP contribution is 2.11. The Morgan fingerprint density at radius 2 is 2.00 bits per heavy atom. The van der Waals surface area contributed by atoms with Crippen LogP contribution in [0.3, 0.4) is 0 Å². The third-order valence-corrected chi connectivity index (χ3v) is 2.40. The highest BCUT2D eigenvalue weighted by atomic mass is 16.3. The molecule has 0 aliphatic heterocycles. The van der Waals surface area contributed by atoms with Crippen molar-refractivity contribution in [1.29, 1.82) is 0 Å². The molecule has 2 rings (SSSR count). The second-order valence-electron chi connectivity index (χ2n) is 3.72. The number of aromatic amines is 1. The monoisotopic (exact) mass is 218 g/mol. The number of aryl methyl sites for hydroxylation is 1. The third kappa shape index (κ3) is 2.00. The van der Waals surface area contributed by atoms with E-state index in [1.54, 1.807) is 30.3 Å². The van der Waals surface area contributed by atoms with Crippen LogP contribution in [0.25, 0.3) is 5.69 Å². The lowest BCUT2D eigenvalue weighted by atomic mass is 10.3. The molecule has 2 N–H and O–H groups in total. The van der Waals surface area contributed by atoms with Gasteiger partial charge in [0, 0.05) is 11.8 Å². The van der Waals surface area contributed by atoms with E-state index in [1.165, 1.54) is 4.68 Å². The summed E-state index contributed by atoms with van der Waals surface area (Å²) in [5, 5.41) is 12.2. The molecule has 0 aliphatic rings. The van der Waals surface area contributed by atoms with Crippen LogP contribution >= 0.6 is 0 Å². The fourth-order valence-electron chi connectivity index (χ4n) is 1.64. The van der Waals surface area contributed by atoms with E-state index < -0.39 is 0 Å². The summed E-state index contributed by atoms with van der Waals surface area (Å²) in [5.74, 6) is 0.192. The van der Waals surface area contributed by atoms with Gasteiger partial charge in [-0.1, -0.05) is 13.3 Å². The number of nitrogens with one attached hydrogen (secondary N) is 1. The normalized spacial score (nSPS) is 10.6. The van der Waals surface area contributed by atoms with Gasteiger partial charge in [-0.25, -0.2) is 4.68 Å². The zero-order valence-corrected chi connectivity index (χ0v) is 9.10. The summed E-state index contributed by atoms with van der Waals surface area (Å²) in [5.41, 5.74) is 1.58. The molecule has 84 valence electrons. The van der Waals surface area contributed by atoms with Crippen molar-refractivity contribution in [3.63, 3.8) is 0 Å². The molecule has 1 aromatic carbocycles. The number of H-pyrrole nitrogens is 1. The fourth-order valence-corrected chi connectivity index (χ4v) is 1.64. The summed E-state index contributed by atoms with van der Waals surface area (Å²) in [4.78, 5) is 11.7. The minimum Gasteiger partial charge on any atom is -0.508 e. The molecule has 16 heavy (non-hydrogen) atoms. The van der Waals surface area contributed by atoms with Gasteiger partial charge in [0.2, 0.25) is 0 Å². The van der Waals surface area contributed by atoms with Gasteiger partial charge in [-0.2, -0.15) is 0 Å². The van der Waals surface area contributed by atoms with E-state index in [-0.39, 0.29) is 11.3 Å². The van der Waals surface area contributed by atoms with Crippen molar-refractivity contribution >= 4 is 0 Å². The first-order chi connectivity index (χ1) is 7.70. The van der Waals surface area contributed by atoms with E-state index in [9.17, 15) is 4.79 Å². The number of benzene rings is 1. The van der Waals surface area contributed by atoms with Gasteiger partial charge in [0.25, 0.3) is 5.56 Å². The second kappa shape index (κ2) is 4.26. The molecule has 0 bridgehead atoms. The number of rotatable bonds is 3. The van der Waals surface area contributed by atoms with Crippen molar-refractivity contribution in [2.75, 3.05) is 0 Å². The molecule has 1 aromatic heterocycles. The molecule has 4 nitrogen and oxygen atoms in total. The minimum absolute atomic E-state index is 0.0749. The molecule has 1 heterocycles. The highest BCUT2D eigenvalue weighted by molar-refractivity contribution is 5.36. The Balaban J connectivity index is 2.40. The number of aromatic nitrogens is 2. The Morgan fingerprint density at radius 1 is 1.31 bits per heavy atom. The van der Waals surface area contributed by atoms with Crippen LogP contribution in [0, 0.1) is 0 Å². The van der Waals surface area contributed by atoms with E-state index in [0.29, 0.717) is 0 Å². The lowest BCUT2D eigenvalue weighted by Gasteiger charge is -2.01. The molecule has 2 aromatic rings. The smallest absolute Gasteiger partial charge is 0.271 e. The number of phenolic OH excluding ortho intramolecular Hbond substituents is 1. The van der Waals surface area contributed by atoms with Crippen molar-refractivity contribution in [3.8, 4) is 11.4 Å². The van der Waals surface area contributed by atoms with Crippen LogP contribution in [-0.4, -0.2) is 14.9 Å². The topological polar surface area (TPSA) is 58.0 Å². The van der Waals surface area contributed by atoms with Crippen molar-refractivity contribution in [2.24, 2.45) is 0 Å². The summed E-state index contributed by atoms with van der Waals surface area (Å²) in [6, 6.07) is 8.12. The van der Waals surface area contributed by atoms with E-state index in [2.05, 4.69) is 12.0 Å². The zero-order chi connectivity index (χ0) is 11.5. The van der Waals surface area contributed by atoms with Crippen LogP contribution in [0.4, 0.5) is 0 Å². The molecule has 0 fully saturated rings. The van der Waals surface area contributed by atoms with Crippen LogP contribution in [0.1, 0.15) is 19.0 Å². The second-order valence-corrected chi connectivity index (χ2v) is 3.72. The van der Waals surface area contributed by atoms with Crippen LogP contribution in [0.2, 0.25) is 0 Å². The van der Waals surface area contributed by atoms with E-state index in [1.807, 2.05) is 0 Å². The van der Waals surface area contributed by atoms with E-state index in [0.717, 1.165) is 24.2 Å². The lowest BCUT2D eigenvalue weighted by Crippen LogP contribution is -2.13. The number of nitrogens with zero attached hydrogens (tertiary/aromatic N) is 1. The van der Waals surface area contributed by atoms with Crippen LogP contribution in [0.5, 0.6) is 5.75 Å². The molecule has 0 saturated heterocycles. The number of phenols is 1. The van der Waals surface area contributed by atoms with Gasteiger partial charge in [-0.3, -0.25) is 9.89 Å². The summed E-state index contributed by atoms with van der Waals surface area (Å²) in [7, 11) is 0. The third-order valence-electron chi connectivity index (χ3n) is 2.40. The SMILES string of the molecule is CCCc1cc(=O)n(-c2ccc(O)cc2)[nH]1. The Morgan fingerprint density at radius 3 is 2.62 bits per heavy atom. The van der Waals surface area contributed by atoms with Gasteiger partial charge in [-0.05, 0) is 30.7 Å². The van der Waals surface area contributed by atoms with E-state index >= 15 is 0 Å². The van der Waals surface area contributed by atoms with Gasteiger partial charge in [0.05, 0.1) is 5.69 Å². The molecule has 0 radical (unpaired) electrons. The first kappa shape index (κ1) is 10.5. The van der Waals surface area contributed by atoms with Crippen LogP contribution in [0.15, 0.2) is 35.1 Å². The summed E-state index contributed by atoms with van der Waals surface area (Å²) >= 11 is 0. The average Bonchev–Trinajstić information content (AvgIpc) is 2.61. The molecule has 0 spiro atoms. The molecule has 4 heteroatoms. The number of hydrogen-bond acceptors (Lipinski definition) is 2. The standard InChI is InChI=1S/C12H14N2O2/c1-2-3-9-8-12(16)14(13-9)10-4-6-11(15)7-5-10/h4-8,13,15H,2-3H2,1H3. The first-order valence-electron chi connectivity index (χ1n) is 5.31. The largest absolute Gasteiger partial charge is 0.508 e. The van der Waals surface area contributed by atoms with E-state index in [4.69, 9.17) is 5.11 Å². The number of aromatic hydroxyl groups is 1. The van der Waals surface area contributed by atoms with Crippen molar-refractivity contribution < 1.29 is 5.11 Å². The van der Waals surface area contributed by atoms with Crippen molar-refractivity contribution in [1.82, 2.24) is 9.78 Å². The van der Waals surface area contributed by atoms with Crippen LogP contribution in [-0.2, 0) is 6.42 Å². The van der Waals surface area contributed by atoms with Gasteiger partial charge in [0.15, 0.2) is 0 Å². The predicted octanol–water partition coefficient (Wildman–Crippen LogP) is 1.82. The zero-order valence-electron chi connectivity index (χ0n) is 9.10. The predicted molar refractivity (Wildman–Crippen MR) is 62.0 cm³/mol. The molecule has 0 saturated carbocycles. The average molecular weight is 218 g/mol. The maximum absolute atomic E-state index is 11.7. The molecular formula is C12H14N2O2. The van der Waals surface area contributed by atoms with Gasteiger partial charge in [-0.15, -0.1) is 0 Å². The summed E-state index contributed by atoms with van der Waals surface area (Å²) in [6.45, 7) is 2.07. The molecule has 0 aliphatic carbocycles. The first-order valence-corrected chi connectivity index (χ1v) is 5.31. The highest BCUT2D eigenvalue weighted by Gasteiger charge is 2.04. The van der Waals surface area contributed by atoms with Gasteiger partial charge < -0.3 is 5.11 Å². The minimum atomic E-state index is -0.0749. The Labute approximate surface area is 93.1 Å². The summed E-state index contributed by atoms with van der Waals surface area (Å²) in [6.07, 6.45) is 1.86.